The first kappa shape index (κ1) is 15.4. The van der Waals surface area contributed by atoms with E-state index in [1.165, 1.54) is 4.90 Å². The second kappa shape index (κ2) is 6.16. The van der Waals surface area contributed by atoms with Gasteiger partial charge in [0.05, 0.1) is 5.41 Å². The number of rotatable bonds is 3. The zero-order valence-corrected chi connectivity index (χ0v) is 12.4. The number of hydrogen-bond donors (Lipinski definition) is 1. The lowest BCUT2D eigenvalue weighted by Gasteiger charge is -2.41. The van der Waals surface area contributed by atoms with Crippen molar-refractivity contribution in [2.45, 2.75) is 39.3 Å². The maximum Gasteiger partial charge on any atom is 0.410 e. The Morgan fingerprint density at radius 3 is 2.67 bits per heavy atom. The quantitative estimate of drug-likeness (QED) is 0.930. The number of ether oxygens (including phenoxy) is 1. The Hall–Kier alpha value is -2.04. The first-order chi connectivity index (χ1) is 9.92. The normalized spacial score (nSPS) is 25.4. The van der Waals surface area contributed by atoms with Crippen LogP contribution in [0.2, 0.25) is 0 Å². The van der Waals surface area contributed by atoms with Crippen LogP contribution in [0.4, 0.5) is 4.79 Å². The van der Waals surface area contributed by atoms with Crippen LogP contribution in [0.15, 0.2) is 30.3 Å². The van der Waals surface area contributed by atoms with Crippen LogP contribution in [-0.2, 0) is 16.1 Å². The maximum absolute atomic E-state index is 12.2. The number of aliphatic carboxylic acids is 1. The van der Waals surface area contributed by atoms with Crippen LogP contribution in [0.1, 0.15) is 32.3 Å². The van der Waals surface area contributed by atoms with Crippen molar-refractivity contribution in [3.05, 3.63) is 35.9 Å². The van der Waals surface area contributed by atoms with Gasteiger partial charge >= 0.3 is 12.1 Å². The highest BCUT2D eigenvalue weighted by Crippen LogP contribution is 2.33. The number of benzene rings is 1. The number of piperidine rings is 1. The van der Waals surface area contributed by atoms with E-state index >= 15 is 0 Å². The van der Waals surface area contributed by atoms with Gasteiger partial charge in [-0.1, -0.05) is 30.3 Å². The lowest BCUT2D eigenvalue weighted by molar-refractivity contribution is -0.151. The molecule has 1 N–H and O–H groups in total. The minimum atomic E-state index is -0.891. The number of carboxylic acid groups (broad SMARTS) is 1. The zero-order valence-electron chi connectivity index (χ0n) is 12.4. The van der Waals surface area contributed by atoms with Crippen LogP contribution in [0.5, 0.6) is 0 Å². The summed E-state index contributed by atoms with van der Waals surface area (Å²) in [6.07, 6.45) is 0.799. The average molecular weight is 291 g/mol. The predicted octanol–water partition coefficient (Wildman–Crippen LogP) is 2.90. The van der Waals surface area contributed by atoms with Gasteiger partial charge in [-0.3, -0.25) is 4.79 Å². The van der Waals surface area contributed by atoms with E-state index < -0.39 is 17.5 Å². The highest BCUT2D eigenvalue weighted by atomic mass is 16.6. The number of carbonyl (C=O) groups is 2. The molecule has 0 spiro atoms. The lowest BCUT2D eigenvalue weighted by atomic mass is 9.80. The fourth-order valence-corrected chi connectivity index (χ4v) is 2.52. The van der Waals surface area contributed by atoms with Crippen LogP contribution in [0.3, 0.4) is 0 Å². The summed E-state index contributed by atoms with van der Waals surface area (Å²) in [4.78, 5) is 25.1. The van der Waals surface area contributed by atoms with Crippen LogP contribution in [-0.4, -0.2) is 34.7 Å². The summed E-state index contributed by atoms with van der Waals surface area (Å²) in [5.41, 5.74) is 0.0228. The fourth-order valence-electron chi connectivity index (χ4n) is 2.52. The molecule has 5 heteroatoms. The number of hydrogen-bond acceptors (Lipinski definition) is 3. The number of nitrogens with zero attached hydrogens (tertiary/aromatic N) is 1. The minimum Gasteiger partial charge on any atom is -0.481 e. The molecule has 1 amide bonds. The molecule has 1 saturated heterocycles. The Morgan fingerprint density at radius 2 is 2.05 bits per heavy atom. The number of likely N-dealkylation sites (tertiary alicyclic amines) is 1. The Bertz CT molecular complexity index is 516. The second-order valence-corrected chi connectivity index (χ2v) is 5.92. The summed E-state index contributed by atoms with van der Waals surface area (Å²) >= 11 is 0. The first-order valence-electron chi connectivity index (χ1n) is 7.13. The molecule has 0 unspecified atom stereocenters. The van der Waals surface area contributed by atoms with Gasteiger partial charge in [-0.25, -0.2) is 4.79 Å². The molecular weight excluding hydrogens is 270 g/mol. The van der Waals surface area contributed by atoms with Crippen molar-refractivity contribution in [1.82, 2.24) is 4.90 Å². The molecule has 5 nitrogen and oxygen atoms in total. The van der Waals surface area contributed by atoms with Gasteiger partial charge in [0.25, 0.3) is 0 Å². The molecule has 1 heterocycles. The van der Waals surface area contributed by atoms with Crippen LogP contribution >= 0.6 is 0 Å². The standard InChI is InChI=1S/C16H21NO4/c1-12-8-9-16(2,14(18)19)11-17(12)15(20)21-10-13-6-4-3-5-7-13/h3-7,12H,8-11H2,1-2H3,(H,18,19)/t12-,16+/m0/s1. The van der Waals surface area contributed by atoms with E-state index in [1.807, 2.05) is 37.3 Å². The Labute approximate surface area is 124 Å². The van der Waals surface area contributed by atoms with Gasteiger partial charge in [0, 0.05) is 12.6 Å². The smallest absolute Gasteiger partial charge is 0.410 e. The third-order valence-electron chi connectivity index (χ3n) is 4.12. The molecule has 21 heavy (non-hydrogen) atoms. The van der Waals surface area contributed by atoms with E-state index in [1.54, 1.807) is 6.92 Å². The molecule has 0 radical (unpaired) electrons. The molecule has 2 atom stereocenters. The summed E-state index contributed by atoms with van der Waals surface area (Å²) in [6, 6.07) is 9.43. The highest BCUT2D eigenvalue weighted by Gasteiger charge is 2.42. The van der Waals surface area contributed by atoms with Crippen LogP contribution in [0.25, 0.3) is 0 Å². The molecule has 114 valence electrons. The molecule has 1 aromatic carbocycles. The van der Waals surface area contributed by atoms with Gasteiger partial charge in [-0.05, 0) is 32.3 Å². The van der Waals surface area contributed by atoms with Crippen molar-refractivity contribution < 1.29 is 19.4 Å². The topological polar surface area (TPSA) is 66.8 Å². The average Bonchev–Trinajstić information content (AvgIpc) is 2.48. The van der Waals surface area contributed by atoms with Crippen LogP contribution in [0, 0.1) is 5.41 Å². The van der Waals surface area contributed by atoms with E-state index in [9.17, 15) is 14.7 Å². The SMILES string of the molecule is C[C@H]1CC[C@@](C)(C(=O)O)CN1C(=O)OCc1ccccc1. The zero-order chi connectivity index (χ0) is 15.5. The minimum absolute atomic E-state index is 0.000647. The second-order valence-electron chi connectivity index (χ2n) is 5.92. The summed E-state index contributed by atoms with van der Waals surface area (Å²) in [5, 5.41) is 9.31. The Balaban J connectivity index is 1.98. The van der Waals surface area contributed by atoms with E-state index in [0.717, 1.165) is 5.56 Å². The molecule has 2 rings (SSSR count). The van der Waals surface area contributed by atoms with Crippen molar-refractivity contribution in [3.63, 3.8) is 0 Å². The largest absolute Gasteiger partial charge is 0.481 e. The summed E-state index contributed by atoms with van der Waals surface area (Å²) in [7, 11) is 0. The van der Waals surface area contributed by atoms with E-state index in [4.69, 9.17) is 4.74 Å². The van der Waals surface area contributed by atoms with E-state index in [0.29, 0.717) is 12.8 Å². The van der Waals surface area contributed by atoms with Crippen molar-refractivity contribution >= 4 is 12.1 Å². The van der Waals surface area contributed by atoms with Crippen molar-refractivity contribution in [1.29, 1.82) is 0 Å². The third kappa shape index (κ3) is 3.54. The molecule has 0 aliphatic carbocycles. The fraction of sp³-hybridized carbons (Fsp3) is 0.500. The molecule has 0 saturated carbocycles. The molecule has 0 aromatic heterocycles. The van der Waals surface area contributed by atoms with Crippen molar-refractivity contribution in [2.75, 3.05) is 6.54 Å². The summed E-state index contributed by atoms with van der Waals surface area (Å²) < 4.78 is 5.31. The van der Waals surface area contributed by atoms with Gasteiger partial charge in [-0.15, -0.1) is 0 Å². The lowest BCUT2D eigenvalue weighted by Crippen LogP contribution is -2.52. The summed E-state index contributed by atoms with van der Waals surface area (Å²) in [5.74, 6) is -0.866. The van der Waals surface area contributed by atoms with Crippen molar-refractivity contribution in [2.24, 2.45) is 5.41 Å². The highest BCUT2D eigenvalue weighted by molar-refractivity contribution is 5.76. The van der Waals surface area contributed by atoms with Crippen LogP contribution < -0.4 is 0 Å². The third-order valence-corrected chi connectivity index (χ3v) is 4.12. The van der Waals surface area contributed by atoms with Gasteiger partial charge in [0.15, 0.2) is 0 Å². The van der Waals surface area contributed by atoms with Gasteiger partial charge in [-0.2, -0.15) is 0 Å². The molecule has 1 aliphatic heterocycles. The van der Waals surface area contributed by atoms with Crippen molar-refractivity contribution in [3.8, 4) is 0 Å². The number of carboxylic acids is 1. The van der Waals surface area contributed by atoms with Gasteiger partial charge in [0.2, 0.25) is 0 Å². The Morgan fingerprint density at radius 1 is 1.38 bits per heavy atom. The van der Waals surface area contributed by atoms with E-state index in [2.05, 4.69) is 0 Å². The van der Waals surface area contributed by atoms with Gasteiger partial charge < -0.3 is 14.7 Å². The molecule has 0 bridgehead atoms. The summed E-state index contributed by atoms with van der Waals surface area (Å²) in [6.45, 7) is 3.99. The van der Waals surface area contributed by atoms with Gasteiger partial charge in [0.1, 0.15) is 6.61 Å². The predicted molar refractivity (Wildman–Crippen MR) is 77.8 cm³/mol. The molecule has 1 aliphatic rings. The number of carbonyl (C=O) groups excluding carboxylic acids is 1. The Kier molecular flexibility index (Phi) is 4.50. The number of amides is 1. The first-order valence-corrected chi connectivity index (χ1v) is 7.13. The molecular formula is C16H21NO4. The maximum atomic E-state index is 12.2. The molecule has 1 aromatic rings. The monoisotopic (exact) mass is 291 g/mol. The van der Waals surface area contributed by atoms with E-state index in [-0.39, 0.29) is 19.2 Å². The molecule has 1 fully saturated rings.